The molecule has 0 amide bonds. The van der Waals surface area contributed by atoms with Gasteiger partial charge in [-0.05, 0) is 13.8 Å². The Hall–Kier alpha value is -0.830. The molecule has 80 valence electrons. The molecule has 0 saturated carbocycles. The Morgan fingerprint density at radius 1 is 1.50 bits per heavy atom. The SMILES string of the molecule is C/C=C/[C@H]1C[C@@H](OC(C)=O)C[C@@H](C)O1. The van der Waals surface area contributed by atoms with E-state index in [1.165, 1.54) is 6.92 Å². The van der Waals surface area contributed by atoms with E-state index in [0.717, 1.165) is 12.8 Å². The highest BCUT2D eigenvalue weighted by atomic mass is 16.6. The molecule has 0 radical (unpaired) electrons. The lowest BCUT2D eigenvalue weighted by molar-refractivity contribution is -0.155. The van der Waals surface area contributed by atoms with Gasteiger partial charge in [0, 0.05) is 19.8 Å². The lowest BCUT2D eigenvalue weighted by Crippen LogP contribution is -2.35. The second-order valence-corrected chi connectivity index (χ2v) is 3.71. The number of hydrogen-bond donors (Lipinski definition) is 0. The molecule has 0 aromatic heterocycles. The minimum atomic E-state index is -0.205. The molecule has 1 heterocycles. The summed E-state index contributed by atoms with van der Waals surface area (Å²) in [4.78, 5) is 10.8. The van der Waals surface area contributed by atoms with Crippen LogP contribution in [0, 0.1) is 0 Å². The number of allylic oxidation sites excluding steroid dienone is 1. The minimum Gasteiger partial charge on any atom is -0.462 e. The molecule has 0 spiro atoms. The number of hydrogen-bond acceptors (Lipinski definition) is 3. The van der Waals surface area contributed by atoms with Crippen molar-refractivity contribution in [1.82, 2.24) is 0 Å². The first-order valence-corrected chi connectivity index (χ1v) is 5.07. The second kappa shape index (κ2) is 5.15. The van der Waals surface area contributed by atoms with E-state index in [1.807, 2.05) is 26.0 Å². The summed E-state index contributed by atoms with van der Waals surface area (Å²) < 4.78 is 10.8. The number of carbonyl (C=O) groups excluding carboxylic acids is 1. The Kier molecular flexibility index (Phi) is 4.14. The molecule has 0 bridgehead atoms. The van der Waals surface area contributed by atoms with Crippen molar-refractivity contribution < 1.29 is 14.3 Å². The average Bonchev–Trinajstić information content (AvgIpc) is 2.01. The molecule has 0 aromatic carbocycles. The average molecular weight is 198 g/mol. The van der Waals surface area contributed by atoms with E-state index in [4.69, 9.17) is 9.47 Å². The van der Waals surface area contributed by atoms with E-state index in [1.54, 1.807) is 0 Å². The van der Waals surface area contributed by atoms with Crippen molar-refractivity contribution in [2.45, 2.75) is 51.9 Å². The fourth-order valence-corrected chi connectivity index (χ4v) is 1.80. The molecule has 1 aliphatic heterocycles. The zero-order chi connectivity index (χ0) is 10.6. The largest absolute Gasteiger partial charge is 0.462 e. The van der Waals surface area contributed by atoms with Crippen LogP contribution in [0.15, 0.2) is 12.2 Å². The van der Waals surface area contributed by atoms with E-state index < -0.39 is 0 Å². The first kappa shape index (κ1) is 11.2. The van der Waals surface area contributed by atoms with E-state index in [2.05, 4.69) is 0 Å². The maximum Gasteiger partial charge on any atom is 0.302 e. The lowest BCUT2D eigenvalue weighted by atomic mass is 10.0. The van der Waals surface area contributed by atoms with Gasteiger partial charge in [-0.1, -0.05) is 12.2 Å². The third-order valence-electron chi connectivity index (χ3n) is 2.24. The minimum absolute atomic E-state index is 0.0115. The summed E-state index contributed by atoms with van der Waals surface area (Å²) in [6.07, 6.45) is 5.81. The van der Waals surface area contributed by atoms with Gasteiger partial charge in [-0.3, -0.25) is 4.79 Å². The zero-order valence-corrected chi connectivity index (χ0v) is 9.03. The number of esters is 1. The monoisotopic (exact) mass is 198 g/mol. The van der Waals surface area contributed by atoms with Crippen LogP contribution < -0.4 is 0 Å². The summed E-state index contributed by atoms with van der Waals surface area (Å²) in [5.41, 5.74) is 0. The van der Waals surface area contributed by atoms with Crippen LogP contribution in [-0.2, 0) is 14.3 Å². The molecule has 3 atom stereocenters. The fourth-order valence-electron chi connectivity index (χ4n) is 1.80. The molecule has 0 aliphatic carbocycles. The van der Waals surface area contributed by atoms with Gasteiger partial charge in [0.05, 0.1) is 12.2 Å². The van der Waals surface area contributed by atoms with Gasteiger partial charge in [0.25, 0.3) is 0 Å². The number of ether oxygens (including phenoxy) is 2. The van der Waals surface area contributed by atoms with Gasteiger partial charge >= 0.3 is 5.97 Å². The van der Waals surface area contributed by atoms with Crippen LogP contribution in [-0.4, -0.2) is 24.3 Å². The Morgan fingerprint density at radius 3 is 2.79 bits per heavy atom. The summed E-state index contributed by atoms with van der Waals surface area (Å²) in [5, 5.41) is 0. The van der Waals surface area contributed by atoms with Gasteiger partial charge in [0.15, 0.2) is 0 Å². The molecule has 0 unspecified atom stereocenters. The molecule has 3 heteroatoms. The van der Waals surface area contributed by atoms with Crippen LogP contribution in [0.2, 0.25) is 0 Å². The van der Waals surface area contributed by atoms with Gasteiger partial charge < -0.3 is 9.47 Å². The standard InChI is InChI=1S/C11H18O3/c1-4-5-10-7-11(14-9(3)12)6-8(2)13-10/h4-5,8,10-11H,6-7H2,1-3H3/b5-4+/t8-,10+,11+/m1/s1. The fraction of sp³-hybridized carbons (Fsp3) is 0.727. The van der Waals surface area contributed by atoms with E-state index in [-0.39, 0.29) is 24.3 Å². The van der Waals surface area contributed by atoms with E-state index in [9.17, 15) is 4.79 Å². The third kappa shape index (κ3) is 3.50. The van der Waals surface area contributed by atoms with Gasteiger partial charge in [-0.15, -0.1) is 0 Å². The summed E-state index contributed by atoms with van der Waals surface area (Å²) in [5.74, 6) is -0.205. The maximum absolute atomic E-state index is 10.8. The highest BCUT2D eigenvalue weighted by molar-refractivity contribution is 5.66. The lowest BCUT2D eigenvalue weighted by Gasteiger charge is -2.31. The van der Waals surface area contributed by atoms with Crippen molar-refractivity contribution in [3.8, 4) is 0 Å². The molecule has 1 saturated heterocycles. The number of rotatable bonds is 2. The van der Waals surface area contributed by atoms with Crippen LogP contribution in [0.5, 0.6) is 0 Å². The summed E-state index contributed by atoms with van der Waals surface area (Å²) >= 11 is 0. The molecule has 0 aromatic rings. The molecule has 1 aliphatic rings. The van der Waals surface area contributed by atoms with Crippen LogP contribution in [0.3, 0.4) is 0 Å². The smallest absolute Gasteiger partial charge is 0.302 e. The normalized spacial score (nSPS) is 33.2. The van der Waals surface area contributed by atoms with Crippen LogP contribution in [0.1, 0.15) is 33.6 Å². The van der Waals surface area contributed by atoms with Gasteiger partial charge in [0.1, 0.15) is 6.10 Å². The van der Waals surface area contributed by atoms with Gasteiger partial charge in [-0.2, -0.15) is 0 Å². The van der Waals surface area contributed by atoms with E-state index >= 15 is 0 Å². The Morgan fingerprint density at radius 2 is 2.21 bits per heavy atom. The third-order valence-corrected chi connectivity index (χ3v) is 2.24. The molecule has 1 rings (SSSR count). The van der Waals surface area contributed by atoms with E-state index in [0.29, 0.717) is 0 Å². The van der Waals surface area contributed by atoms with Gasteiger partial charge in [-0.25, -0.2) is 0 Å². The quantitative estimate of drug-likeness (QED) is 0.503. The predicted octanol–water partition coefficient (Wildman–Crippen LogP) is 2.06. The van der Waals surface area contributed by atoms with Crippen LogP contribution >= 0.6 is 0 Å². The summed E-state index contributed by atoms with van der Waals surface area (Å²) in [6, 6.07) is 0. The molecular weight excluding hydrogens is 180 g/mol. The van der Waals surface area contributed by atoms with Crippen molar-refractivity contribution in [2.24, 2.45) is 0 Å². The topological polar surface area (TPSA) is 35.5 Å². The molecule has 3 nitrogen and oxygen atoms in total. The Balaban J connectivity index is 2.49. The first-order valence-electron chi connectivity index (χ1n) is 5.07. The Bertz CT molecular complexity index is 223. The second-order valence-electron chi connectivity index (χ2n) is 3.71. The molecule has 1 fully saturated rings. The summed E-state index contributed by atoms with van der Waals surface area (Å²) in [7, 11) is 0. The highest BCUT2D eigenvalue weighted by Crippen LogP contribution is 2.22. The van der Waals surface area contributed by atoms with Crippen molar-refractivity contribution in [3.05, 3.63) is 12.2 Å². The Labute approximate surface area is 85.1 Å². The van der Waals surface area contributed by atoms with Crippen molar-refractivity contribution in [3.63, 3.8) is 0 Å². The summed E-state index contributed by atoms with van der Waals surface area (Å²) in [6.45, 7) is 5.42. The van der Waals surface area contributed by atoms with Crippen molar-refractivity contribution in [1.29, 1.82) is 0 Å². The molecule has 14 heavy (non-hydrogen) atoms. The first-order chi connectivity index (χ1) is 6.61. The van der Waals surface area contributed by atoms with Crippen molar-refractivity contribution >= 4 is 5.97 Å². The zero-order valence-electron chi connectivity index (χ0n) is 9.03. The number of carbonyl (C=O) groups is 1. The molecule has 0 N–H and O–H groups in total. The highest BCUT2D eigenvalue weighted by Gasteiger charge is 2.27. The van der Waals surface area contributed by atoms with Crippen LogP contribution in [0.4, 0.5) is 0 Å². The van der Waals surface area contributed by atoms with Gasteiger partial charge in [0.2, 0.25) is 0 Å². The van der Waals surface area contributed by atoms with Crippen LogP contribution in [0.25, 0.3) is 0 Å². The molecular formula is C11H18O3. The maximum atomic E-state index is 10.8. The predicted molar refractivity (Wildman–Crippen MR) is 53.9 cm³/mol. The van der Waals surface area contributed by atoms with Crippen molar-refractivity contribution in [2.75, 3.05) is 0 Å².